The van der Waals surface area contributed by atoms with Gasteiger partial charge < -0.3 is 14.5 Å². The van der Waals surface area contributed by atoms with E-state index >= 15 is 0 Å². The third-order valence-corrected chi connectivity index (χ3v) is 3.79. The van der Waals surface area contributed by atoms with Gasteiger partial charge in [0.2, 0.25) is 5.91 Å². The molecular formula is C15H19ClN2O3. The van der Waals surface area contributed by atoms with Crippen LogP contribution in [0.2, 0.25) is 5.02 Å². The largest absolute Gasteiger partial charge is 0.492 e. The van der Waals surface area contributed by atoms with E-state index in [4.69, 9.17) is 16.3 Å². The van der Waals surface area contributed by atoms with E-state index in [9.17, 15) is 9.59 Å². The minimum Gasteiger partial charge on any atom is -0.492 e. The fourth-order valence-electron chi connectivity index (χ4n) is 2.31. The van der Waals surface area contributed by atoms with Gasteiger partial charge in [0.1, 0.15) is 5.75 Å². The van der Waals surface area contributed by atoms with Crippen molar-refractivity contribution in [2.24, 2.45) is 0 Å². The quantitative estimate of drug-likeness (QED) is 0.858. The van der Waals surface area contributed by atoms with Crippen molar-refractivity contribution in [1.29, 1.82) is 0 Å². The minimum absolute atomic E-state index is 0.0474. The van der Waals surface area contributed by atoms with Gasteiger partial charge in [-0.25, -0.2) is 0 Å². The van der Waals surface area contributed by atoms with E-state index < -0.39 is 0 Å². The lowest BCUT2D eigenvalue weighted by Crippen LogP contribution is -2.50. The van der Waals surface area contributed by atoms with Crippen LogP contribution in [0, 0.1) is 0 Å². The highest BCUT2D eigenvalue weighted by Crippen LogP contribution is 2.26. The first-order valence-electron chi connectivity index (χ1n) is 7.00. The van der Waals surface area contributed by atoms with Crippen LogP contribution in [-0.2, 0) is 4.79 Å². The summed E-state index contributed by atoms with van der Waals surface area (Å²) < 4.78 is 5.36. The summed E-state index contributed by atoms with van der Waals surface area (Å²) >= 11 is 6.11. The van der Waals surface area contributed by atoms with E-state index in [-0.39, 0.29) is 11.8 Å². The third kappa shape index (κ3) is 3.67. The molecule has 114 valence electrons. The molecule has 0 unspecified atom stereocenters. The molecule has 1 saturated heterocycles. The first-order chi connectivity index (χ1) is 10.0. The number of benzene rings is 1. The van der Waals surface area contributed by atoms with E-state index in [1.54, 1.807) is 34.9 Å². The van der Waals surface area contributed by atoms with Crippen molar-refractivity contribution in [2.75, 3.05) is 32.8 Å². The maximum Gasteiger partial charge on any atom is 0.254 e. The zero-order valence-electron chi connectivity index (χ0n) is 12.3. The fraction of sp³-hybridized carbons (Fsp3) is 0.467. The summed E-state index contributed by atoms with van der Waals surface area (Å²) in [6, 6.07) is 5.06. The van der Waals surface area contributed by atoms with Crippen molar-refractivity contribution in [3.8, 4) is 5.75 Å². The Morgan fingerprint density at radius 3 is 2.33 bits per heavy atom. The number of amides is 2. The number of halogens is 1. The van der Waals surface area contributed by atoms with Crippen LogP contribution in [0.5, 0.6) is 5.75 Å². The van der Waals surface area contributed by atoms with Crippen LogP contribution in [0.3, 0.4) is 0 Å². The van der Waals surface area contributed by atoms with Gasteiger partial charge in [0.25, 0.3) is 5.91 Å². The second-order valence-corrected chi connectivity index (χ2v) is 5.28. The van der Waals surface area contributed by atoms with Gasteiger partial charge in [0.15, 0.2) is 0 Å². The van der Waals surface area contributed by atoms with Crippen LogP contribution >= 0.6 is 11.6 Å². The van der Waals surface area contributed by atoms with Crippen LogP contribution < -0.4 is 4.74 Å². The van der Waals surface area contributed by atoms with Gasteiger partial charge in [-0.3, -0.25) is 9.59 Å². The van der Waals surface area contributed by atoms with Gasteiger partial charge in [-0.2, -0.15) is 0 Å². The molecule has 1 aliphatic rings. The van der Waals surface area contributed by atoms with E-state index in [1.807, 2.05) is 6.92 Å². The lowest BCUT2D eigenvalue weighted by atomic mass is 10.1. The Morgan fingerprint density at radius 2 is 1.81 bits per heavy atom. The van der Waals surface area contributed by atoms with Gasteiger partial charge in [-0.05, 0) is 25.1 Å². The summed E-state index contributed by atoms with van der Waals surface area (Å²) in [6.45, 7) is 6.19. The Kier molecular flexibility index (Phi) is 5.07. The zero-order chi connectivity index (χ0) is 15.4. The molecule has 1 aliphatic heterocycles. The van der Waals surface area contributed by atoms with Gasteiger partial charge in [-0.1, -0.05) is 11.6 Å². The van der Waals surface area contributed by atoms with E-state index in [0.717, 1.165) is 0 Å². The summed E-state index contributed by atoms with van der Waals surface area (Å²) in [6.07, 6.45) is 0. The summed E-state index contributed by atoms with van der Waals surface area (Å²) in [7, 11) is 0. The lowest BCUT2D eigenvalue weighted by molar-refractivity contribution is -0.130. The first kappa shape index (κ1) is 15.6. The predicted molar refractivity (Wildman–Crippen MR) is 80.8 cm³/mol. The SMILES string of the molecule is CCOc1ccc(C(=O)N2CCN(C(C)=O)CC2)cc1Cl. The van der Waals surface area contributed by atoms with Crippen molar-refractivity contribution in [3.63, 3.8) is 0 Å². The molecule has 0 atom stereocenters. The van der Waals surface area contributed by atoms with Crippen LogP contribution in [0.15, 0.2) is 18.2 Å². The molecule has 0 bridgehead atoms. The number of nitrogens with zero attached hydrogens (tertiary/aromatic N) is 2. The second kappa shape index (κ2) is 6.80. The maximum atomic E-state index is 12.4. The molecule has 2 amide bonds. The minimum atomic E-state index is -0.0665. The Morgan fingerprint density at radius 1 is 1.19 bits per heavy atom. The number of hydrogen-bond acceptors (Lipinski definition) is 3. The normalized spacial score (nSPS) is 15.0. The number of hydrogen-bond donors (Lipinski definition) is 0. The van der Waals surface area contributed by atoms with E-state index in [0.29, 0.717) is 49.1 Å². The molecule has 1 aromatic carbocycles. The number of piperazine rings is 1. The Balaban J connectivity index is 2.04. The molecule has 21 heavy (non-hydrogen) atoms. The molecule has 5 nitrogen and oxygen atoms in total. The zero-order valence-corrected chi connectivity index (χ0v) is 13.0. The Labute approximate surface area is 129 Å². The van der Waals surface area contributed by atoms with Crippen LogP contribution in [0.4, 0.5) is 0 Å². The van der Waals surface area contributed by atoms with Crippen LogP contribution in [0.25, 0.3) is 0 Å². The van der Waals surface area contributed by atoms with Crippen molar-refractivity contribution in [3.05, 3.63) is 28.8 Å². The summed E-state index contributed by atoms with van der Waals surface area (Å²) in [5.41, 5.74) is 0.541. The molecule has 0 aromatic heterocycles. The van der Waals surface area contributed by atoms with E-state index in [1.165, 1.54) is 0 Å². The molecule has 0 saturated carbocycles. The number of ether oxygens (including phenoxy) is 1. The van der Waals surface area contributed by atoms with Crippen LogP contribution in [-0.4, -0.2) is 54.4 Å². The molecule has 2 rings (SSSR count). The molecule has 0 N–H and O–H groups in total. The van der Waals surface area contributed by atoms with Crippen LogP contribution in [0.1, 0.15) is 24.2 Å². The Bertz CT molecular complexity index is 540. The summed E-state index contributed by atoms with van der Waals surface area (Å²) in [5.74, 6) is 0.562. The standard InChI is InChI=1S/C15H19ClN2O3/c1-3-21-14-5-4-12(10-13(14)16)15(20)18-8-6-17(7-9-18)11(2)19/h4-5,10H,3,6-9H2,1-2H3. The monoisotopic (exact) mass is 310 g/mol. The highest BCUT2D eigenvalue weighted by atomic mass is 35.5. The van der Waals surface area contributed by atoms with E-state index in [2.05, 4.69) is 0 Å². The Hall–Kier alpha value is -1.75. The van der Waals surface area contributed by atoms with Gasteiger partial charge in [-0.15, -0.1) is 0 Å². The maximum absolute atomic E-state index is 12.4. The molecule has 1 heterocycles. The average molecular weight is 311 g/mol. The van der Waals surface area contributed by atoms with Gasteiger partial charge in [0, 0.05) is 38.7 Å². The smallest absolute Gasteiger partial charge is 0.254 e. The highest BCUT2D eigenvalue weighted by molar-refractivity contribution is 6.32. The fourth-order valence-corrected chi connectivity index (χ4v) is 2.55. The third-order valence-electron chi connectivity index (χ3n) is 3.49. The van der Waals surface area contributed by atoms with Crippen molar-refractivity contribution in [2.45, 2.75) is 13.8 Å². The summed E-state index contributed by atoms with van der Waals surface area (Å²) in [4.78, 5) is 27.2. The van der Waals surface area contributed by atoms with Crippen molar-refractivity contribution in [1.82, 2.24) is 9.80 Å². The molecule has 1 aromatic rings. The molecule has 1 fully saturated rings. The van der Waals surface area contributed by atoms with Gasteiger partial charge in [0.05, 0.1) is 11.6 Å². The topological polar surface area (TPSA) is 49.9 Å². The van der Waals surface area contributed by atoms with Crippen molar-refractivity contribution >= 4 is 23.4 Å². The number of carbonyl (C=O) groups excluding carboxylic acids is 2. The van der Waals surface area contributed by atoms with Gasteiger partial charge >= 0.3 is 0 Å². The van der Waals surface area contributed by atoms with Crippen molar-refractivity contribution < 1.29 is 14.3 Å². The summed E-state index contributed by atoms with van der Waals surface area (Å²) in [5, 5.41) is 0.435. The molecule has 0 radical (unpaired) electrons. The first-order valence-corrected chi connectivity index (χ1v) is 7.38. The number of rotatable bonds is 3. The predicted octanol–water partition coefficient (Wildman–Crippen LogP) is 2.04. The highest BCUT2D eigenvalue weighted by Gasteiger charge is 2.23. The number of carbonyl (C=O) groups is 2. The molecule has 0 spiro atoms. The average Bonchev–Trinajstić information content (AvgIpc) is 2.49. The second-order valence-electron chi connectivity index (χ2n) is 4.88. The molecular weight excluding hydrogens is 292 g/mol. The molecule has 0 aliphatic carbocycles. The molecule has 6 heteroatoms. The lowest BCUT2D eigenvalue weighted by Gasteiger charge is -2.34.